The molecule has 1 aromatic carbocycles. The molecular weight excluding hydrogens is 241 g/mol. The predicted octanol–water partition coefficient (Wildman–Crippen LogP) is 3.04. The average Bonchev–Trinajstić information content (AvgIpc) is 2.42. The molecule has 0 N–H and O–H groups in total. The molecule has 0 radical (unpaired) electrons. The van der Waals surface area contributed by atoms with Gasteiger partial charge in [0.15, 0.2) is 0 Å². The first kappa shape index (κ1) is 14.2. The van der Waals surface area contributed by atoms with Crippen LogP contribution in [0.25, 0.3) is 0 Å². The van der Waals surface area contributed by atoms with Crippen molar-refractivity contribution in [2.45, 2.75) is 26.4 Å². The molecule has 0 bridgehead atoms. The Labute approximate surface area is 114 Å². The summed E-state index contributed by atoms with van der Waals surface area (Å²) in [5.41, 5.74) is 2.53. The molecule has 0 aliphatic carbocycles. The first-order valence-corrected chi connectivity index (χ1v) is 6.87. The minimum atomic E-state index is -0.182. The van der Waals surface area contributed by atoms with Crippen molar-refractivity contribution in [3.63, 3.8) is 0 Å². The number of hydrogen-bond donors (Lipinski definition) is 0. The molecule has 3 heteroatoms. The molecule has 2 nitrogen and oxygen atoms in total. The number of allylic oxidation sites excluding steroid dienone is 1. The number of morpholine rings is 1. The fraction of sp³-hybridized carbons (Fsp3) is 0.500. The van der Waals surface area contributed by atoms with Gasteiger partial charge in [-0.05, 0) is 38.0 Å². The second kappa shape index (κ2) is 6.83. The number of benzene rings is 1. The van der Waals surface area contributed by atoms with Gasteiger partial charge in [0.25, 0.3) is 0 Å². The van der Waals surface area contributed by atoms with Gasteiger partial charge in [0.05, 0.1) is 12.7 Å². The zero-order valence-corrected chi connectivity index (χ0v) is 11.7. The highest BCUT2D eigenvalue weighted by Crippen LogP contribution is 2.13. The van der Waals surface area contributed by atoms with E-state index in [9.17, 15) is 4.39 Å². The van der Waals surface area contributed by atoms with Gasteiger partial charge in [0.2, 0.25) is 0 Å². The van der Waals surface area contributed by atoms with Crippen LogP contribution in [0.4, 0.5) is 4.39 Å². The lowest BCUT2D eigenvalue weighted by molar-refractivity contribution is -0.0244. The van der Waals surface area contributed by atoms with Gasteiger partial charge in [-0.25, -0.2) is 4.39 Å². The van der Waals surface area contributed by atoms with Gasteiger partial charge < -0.3 is 4.74 Å². The summed E-state index contributed by atoms with van der Waals surface area (Å²) in [7, 11) is 0. The molecule has 1 aliphatic heterocycles. The minimum absolute atomic E-state index is 0.182. The number of rotatable bonds is 4. The highest BCUT2D eigenvalue weighted by molar-refractivity contribution is 5.17. The van der Waals surface area contributed by atoms with Crippen LogP contribution in [0.15, 0.2) is 35.9 Å². The average molecular weight is 263 g/mol. The third-order valence-electron chi connectivity index (χ3n) is 3.57. The van der Waals surface area contributed by atoms with Crippen molar-refractivity contribution in [1.29, 1.82) is 0 Å². The fourth-order valence-corrected chi connectivity index (χ4v) is 2.37. The Kier molecular flexibility index (Phi) is 5.11. The zero-order valence-electron chi connectivity index (χ0n) is 11.7. The Morgan fingerprint density at radius 3 is 2.84 bits per heavy atom. The molecule has 0 aromatic heterocycles. The Balaban J connectivity index is 1.88. The summed E-state index contributed by atoms with van der Waals surface area (Å²) < 4.78 is 18.7. The lowest BCUT2D eigenvalue weighted by Gasteiger charge is -2.33. The Hall–Kier alpha value is -1.19. The lowest BCUT2D eigenvalue weighted by atomic mass is 10.1. The predicted molar refractivity (Wildman–Crippen MR) is 75.7 cm³/mol. The highest BCUT2D eigenvalue weighted by Gasteiger charge is 2.20. The van der Waals surface area contributed by atoms with E-state index in [0.717, 1.165) is 38.2 Å². The van der Waals surface area contributed by atoms with Crippen LogP contribution in [0, 0.1) is 5.82 Å². The van der Waals surface area contributed by atoms with Crippen LogP contribution in [0.3, 0.4) is 0 Å². The largest absolute Gasteiger partial charge is 0.375 e. The van der Waals surface area contributed by atoms with Gasteiger partial charge in [0, 0.05) is 19.6 Å². The van der Waals surface area contributed by atoms with Crippen LogP contribution in [0.2, 0.25) is 0 Å². The molecule has 0 spiro atoms. The van der Waals surface area contributed by atoms with Gasteiger partial charge in [-0.1, -0.05) is 23.8 Å². The van der Waals surface area contributed by atoms with Crippen molar-refractivity contribution >= 4 is 0 Å². The van der Waals surface area contributed by atoms with E-state index >= 15 is 0 Å². The molecule has 1 heterocycles. The summed E-state index contributed by atoms with van der Waals surface area (Å²) in [4.78, 5) is 2.42. The molecule has 0 saturated carbocycles. The third-order valence-corrected chi connectivity index (χ3v) is 3.57. The van der Waals surface area contributed by atoms with E-state index in [1.54, 1.807) is 0 Å². The summed E-state index contributed by atoms with van der Waals surface area (Å²) in [6.07, 6.45) is 3.22. The van der Waals surface area contributed by atoms with E-state index in [1.165, 1.54) is 17.7 Å². The highest BCUT2D eigenvalue weighted by atomic mass is 19.1. The summed E-state index contributed by atoms with van der Waals surface area (Å²) in [6, 6.07) is 6.71. The first-order chi connectivity index (χ1) is 9.17. The molecule has 2 rings (SSSR count). The molecule has 1 unspecified atom stereocenters. The maximum atomic E-state index is 12.9. The van der Waals surface area contributed by atoms with Crippen molar-refractivity contribution in [3.05, 3.63) is 47.3 Å². The molecule has 1 fully saturated rings. The van der Waals surface area contributed by atoms with Gasteiger partial charge in [0.1, 0.15) is 5.82 Å². The van der Waals surface area contributed by atoms with E-state index in [0.29, 0.717) is 0 Å². The third kappa shape index (κ3) is 4.44. The maximum absolute atomic E-state index is 12.9. The van der Waals surface area contributed by atoms with Crippen molar-refractivity contribution in [2.24, 2.45) is 0 Å². The maximum Gasteiger partial charge on any atom is 0.123 e. The van der Waals surface area contributed by atoms with Crippen LogP contribution in [0.5, 0.6) is 0 Å². The SMILES string of the molecule is CC=C(C)CN1CCOC(Cc2ccc(F)cc2)C1. The summed E-state index contributed by atoms with van der Waals surface area (Å²) in [5, 5.41) is 0. The smallest absolute Gasteiger partial charge is 0.123 e. The van der Waals surface area contributed by atoms with Crippen molar-refractivity contribution in [3.8, 4) is 0 Å². The van der Waals surface area contributed by atoms with E-state index in [4.69, 9.17) is 4.74 Å². The molecule has 1 atom stereocenters. The van der Waals surface area contributed by atoms with Crippen molar-refractivity contribution in [1.82, 2.24) is 4.90 Å². The molecular formula is C16H22FNO. The second-order valence-corrected chi connectivity index (χ2v) is 5.19. The topological polar surface area (TPSA) is 12.5 Å². The second-order valence-electron chi connectivity index (χ2n) is 5.19. The summed E-state index contributed by atoms with van der Waals surface area (Å²) >= 11 is 0. The van der Waals surface area contributed by atoms with Gasteiger partial charge in [-0.3, -0.25) is 4.90 Å². The quantitative estimate of drug-likeness (QED) is 0.774. The molecule has 1 aromatic rings. The van der Waals surface area contributed by atoms with Gasteiger partial charge in [-0.15, -0.1) is 0 Å². The Bertz CT molecular complexity index is 427. The van der Waals surface area contributed by atoms with Crippen molar-refractivity contribution in [2.75, 3.05) is 26.2 Å². The molecule has 19 heavy (non-hydrogen) atoms. The van der Waals surface area contributed by atoms with Crippen LogP contribution in [-0.4, -0.2) is 37.2 Å². The normalized spacial score (nSPS) is 21.6. The Morgan fingerprint density at radius 2 is 2.16 bits per heavy atom. The lowest BCUT2D eigenvalue weighted by Crippen LogP contribution is -2.43. The van der Waals surface area contributed by atoms with E-state index in [-0.39, 0.29) is 11.9 Å². The standard InChI is InChI=1S/C16H22FNO/c1-3-13(2)11-18-8-9-19-16(12-18)10-14-4-6-15(17)7-5-14/h3-7,16H,8-12H2,1-2H3. The van der Waals surface area contributed by atoms with Crippen molar-refractivity contribution < 1.29 is 9.13 Å². The van der Waals surface area contributed by atoms with Gasteiger partial charge in [-0.2, -0.15) is 0 Å². The number of nitrogens with zero attached hydrogens (tertiary/aromatic N) is 1. The van der Waals surface area contributed by atoms with Crippen LogP contribution >= 0.6 is 0 Å². The van der Waals surface area contributed by atoms with Crippen LogP contribution in [0.1, 0.15) is 19.4 Å². The van der Waals surface area contributed by atoms with Crippen LogP contribution in [-0.2, 0) is 11.2 Å². The summed E-state index contributed by atoms with van der Waals surface area (Å²) in [6.45, 7) is 7.96. The molecule has 1 saturated heterocycles. The number of hydrogen-bond acceptors (Lipinski definition) is 2. The van der Waals surface area contributed by atoms with E-state index in [1.807, 2.05) is 12.1 Å². The monoisotopic (exact) mass is 263 g/mol. The fourth-order valence-electron chi connectivity index (χ4n) is 2.37. The first-order valence-electron chi connectivity index (χ1n) is 6.87. The number of ether oxygens (including phenoxy) is 1. The van der Waals surface area contributed by atoms with Gasteiger partial charge >= 0.3 is 0 Å². The molecule has 1 aliphatic rings. The molecule has 104 valence electrons. The Morgan fingerprint density at radius 1 is 1.42 bits per heavy atom. The van der Waals surface area contributed by atoms with E-state index in [2.05, 4.69) is 24.8 Å². The molecule has 0 amide bonds. The minimum Gasteiger partial charge on any atom is -0.375 e. The number of halogens is 1. The van der Waals surface area contributed by atoms with E-state index < -0.39 is 0 Å². The summed E-state index contributed by atoms with van der Waals surface area (Å²) in [5.74, 6) is -0.182. The van der Waals surface area contributed by atoms with Crippen LogP contribution < -0.4 is 0 Å². The zero-order chi connectivity index (χ0) is 13.7.